The third kappa shape index (κ3) is 3.59. The van der Waals surface area contributed by atoms with Gasteiger partial charge in [0.25, 0.3) is 0 Å². The van der Waals surface area contributed by atoms with E-state index in [1.807, 2.05) is 18.2 Å². The van der Waals surface area contributed by atoms with Gasteiger partial charge in [0.1, 0.15) is 0 Å². The van der Waals surface area contributed by atoms with Crippen molar-refractivity contribution in [2.24, 2.45) is 5.92 Å². The van der Waals surface area contributed by atoms with Crippen molar-refractivity contribution in [3.8, 4) is 6.07 Å². The van der Waals surface area contributed by atoms with Crippen molar-refractivity contribution in [1.29, 1.82) is 5.26 Å². The van der Waals surface area contributed by atoms with E-state index in [9.17, 15) is 0 Å². The zero-order valence-electron chi connectivity index (χ0n) is 8.19. The summed E-state index contributed by atoms with van der Waals surface area (Å²) in [4.78, 5) is 0. The lowest BCUT2D eigenvalue weighted by Crippen LogP contribution is -2.09. The molecular formula is C12H15NO. The van der Waals surface area contributed by atoms with Crippen LogP contribution < -0.4 is 0 Å². The molecule has 1 atom stereocenters. The molecule has 1 rings (SSSR count). The molecule has 0 saturated carbocycles. The molecule has 1 N–H and O–H groups in total. The first-order chi connectivity index (χ1) is 6.86. The molecule has 1 aromatic carbocycles. The molecule has 2 nitrogen and oxygen atoms in total. The van der Waals surface area contributed by atoms with E-state index in [-0.39, 0.29) is 12.5 Å². The van der Waals surface area contributed by atoms with Gasteiger partial charge in [0.15, 0.2) is 0 Å². The Labute approximate surface area is 84.8 Å². The summed E-state index contributed by atoms with van der Waals surface area (Å²) in [6, 6.07) is 12.2. The Balaban J connectivity index is 2.45. The molecule has 0 aliphatic rings. The Morgan fingerprint density at radius 2 is 2.00 bits per heavy atom. The number of aliphatic hydroxyl groups is 1. The van der Waals surface area contributed by atoms with Crippen molar-refractivity contribution in [1.82, 2.24) is 0 Å². The molecule has 0 saturated heterocycles. The molecule has 0 aromatic heterocycles. The Hall–Kier alpha value is -1.33. The largest absolute Gasteiger partial charge is 0.396 e. The van der Waals surface area contributed by atoms with Gasteiger partial charge < -0.3 is 5.11 Å². The maximum atomic E-state index is 9.10. The van der Waals surface area contributed by atoms with Gasteiger partial charge in [0, 0.05) is 13.0 Å². The maximum absolute atomic E-state index is 9.10. The van der Waals surface area contributed by atoms with Gasteiger partial charge in [-0.25, -0.2) is 0 Å². The van der Waals surface area contributed by atoms with Gasteiger partial charge >= 0.3 is 0 Å². The summed E-state index contributed by atoms with van der Waals surface area (Å²) in [5, 5.41) is 17.5. The summed E-state index contributed by atoms with van der Waals surface area (Å²) < 4.78 is 0. The summed E-state index contributed by atoms with van der Waals surface area (Å²) in [6.07, 6.45) is 2.17. The van der Waals surface area contributed by atoms with Crippen molar-refractivity contribution >= 4 is 0 Å². The summed E-state index contributed by atoms with van der Waals surface area (Å²) in [5.74, 6) is 0.219. The SMILES string of the molecule is N#CCCC(CO)Cc1ccccc1. The average Bonchev–Trinajstić information content (AvgIpc) is 2.25. The lowest BCUT2D eigenvalue weighted by Gasteiger charge is -2.11. The summed E-state index contributed by atoms with van der Waals surface area (Å²) in [6.45, 7) is 0.163. The first kappa shape index (κ1) is 10.7. The molecule has 0 amide bonds. The van der Waals surface area contributed by atoms with Crippen LogP contribution in [0.1, 0.15) is 18.4 Å². The highest BCUT2D eigenvalue weighted by molar-refractivity contribution is 5.15. The lowest BCUT2D eigenvalue weighted by atomic mass is 9.96. The van der Waals surface area contributed by atoms with Crippen LogP contribution in [-0.2, 0) is 6.42 Å². The second-order valence-corrected chi connectivity index (χ2v) is 3.44. The van der Waals surface area contributed by atoms with Crippen LogP contribution in [0.4, 0.5) is 0 Å². The van der Waals surface area contributed by atoms with Crippen molar-refractivity contribution in [3.05, 3.63) is 35.9 Å². The van der Waals surface area contributed by atoms with Crippen molar-refractivity contribution in [3.63, 3.8) is 0 Å². The lowest BCUT2D eigenvalue weighted by molar-refractivity contribution is 0.219. The molecule has 0 aliphatic heterocycles. The van der Waals surface area contributed by atoms with Crippen molar-refractivity contribution < 1.29 is 5.11 Å². The second-order valence-electron chi connectivity index (χ2n) is 3.44. The van der Waals surface area contributed by atoms with Crippen LogP contribution in [0.25, 0.3) is 0 Å². The maximum Gasteiger partial charge on any atom is 0.0621 e. The van der Waals surface area contributed by atoms with Crippen molar-refractivity contribution in [2.75, 3.05) is 6.61 Å². The topological polar surface area (TPSA) is 44.0 Å². The molecule has 0 heterocycles. The monoisotopic (exact) mass is 189 g/mol. The van der Waals surface area contributed by atoms with E-state index in [0.29, 0.717) is 6.42 Å². The number of hydrogen-bond donors (Lipinski definition) is 1. The molecule has 0 radical (unpaired) electrons. The zero-order valence-corrected chi connectivity index (χ0v) is 8.19. The summed E-state index contributed by atoms with van der Waals surface area (Å²) in [5.41, 5.74) is 1.23. The minimum absolute atomic E-state index is 0.163. The van der Waals surface area contributed by atoms with Gasteiger partial charge in [0.05, 0.1) is 6.07 Å². The van der Waals surface area contributed by atoms with E-state index in [2.05, 4.69) is 18.2 Å². The minimum Gasteiger partial charge on any atom is -0.396 e. The van der Waals surface area contributed by atoms with E-state index in [1.165, 1.54) is 5.56 Å². The molecule has 0 aliphatic carbocycles. The van der Waals surface area contributed by atoms with Crippen LogP contribution in [0, 0.1) is 17.2 Å². The van der Waals surface area contributed by atoms with Crippen molar-refractivity contribution in [2.45, 2.75) is 19.3 Å². The molecule has 2 heteroatoms. The summed E-state index contributed by atoms with van der Waals surface area (Å²) in [7, 11) is 0. The first-order valence-electron chi connectivity index (χ1n) is 4.88. The number of nitriles is 1. The van der Waals surface area contributed by atoms with Crippen LogP contribution in [0.3, 0.4) is 0 Å². The van der Waals surface area contributed by atoms with E-state index in [4.69, 9.17) is 10.4 Å². The van der Waals surface area contributed by atoms with Crippen LogP contribution >= 0.6 is 0 Å². The second kappa shape index (κ2) is 6.17. The molecule has 1 aromatic rings. The van der Waals surface area contributed by atoms with Crippen LogP contribution in [0.2, 0.25) is 0 Å². The molecule has 74 valence electrons. The molecule has 14 heavy (non-hydrogen) atoms. The summed E-state index contributed by atoms with van der Waals surface area (Å²) >= 11 is 0. The normalized spacial score (nSPS) is 12.0. The van der Waals surface area contributed by atoms with E-state index in [1.54, 1.807) is 0 Å². The number of nitrogens with zero attached hydrogens (tertiary/aromatic N) is 1. The van der Waals surface area contributed by atoms with Gasteiger partial charge in [-0.15, -0.1) is 0 Å². The fraction of sp³-hybridized carbons (Fsp3) is 0.417. The predicted molar refractivity (Wildman–Crippen MR) is 55.6 cm³/mol. The Morgan fingerprint density at radius 1 is 1.29 bits per heavy atom. The van der Waals surface area contributed by atoms with Gasteiger partial charge in [-0.2, -0.15) is 5.26 Å². The number of aliphatic hydroxyl groups excluding tert-OH is 1. The van der Waals surface area contributed by atoms with E-state index in [0.717, 1.165) is 12.8 Å². The van der Waals surface area contributed by atoms with Gasteiger partial charge in [0.2, 0.25) is 0 Å². The minimum atomic E-state index is 0.163. The smallest absolute Gasteiger partial charge is 0.0621 e. The van der Waals surface area contributed by atoms with Crippen LogP contribution in [0.15, 0.2) is 30.3 Å². The fourth-order valence-corrected chi connectivity index (χ4v) is 1.47. The predicted octanol–water partition coefficient (Wildman–Crippen LogP) is 2.14. The number of rotatable bonds is 5. The van der Waals surface area contributed by atoms with E-state index < -0.39 is 0 Å². The fourth-order valence-electron chi connectivity index (χ4n) is 1.47. The molecule has 0 fully saturated rings. The highest BCUT2D eigenvalue weighted by Crippen LogP contribution is 2.13. The molecule has 0 bridgehead atoms. The molecular weight excluding hydrogens is 174 g/mol. The number of hydrogen-bond acceptors (Lipinski definition) is 2. The van der Waals surface area contributed by atoms with E-state index >= 15 is 0 Å². The van der Waals surface area contributed by atoms with Gasteiger partial charge in [-0.1, -0.05) is 30.3 Å². The first-order valence-corrected chi connectivity index (χ1v) is 4.88. The molecule has 1 unspecified atom stereocenters. The highest BCUT2D eigenvalue weighted by atomic mass is 16.3. The van der Waals surface area contributed by atoms with Gasteiger partial charge in [-0.05, 0) is 24.3 Å². The number of benzene rings is 1. The average molecular weight is 189 g/mol. The molecule has 0 spiro atoms. The third-order valence-electron chi connectivity index (χ3n) is 2.29. The third-order valence-corrected chi connectivity index (χ3v) is 2.29. The standard InChI is InChI=1S/C12H15NO/c13-8-4-7-12(10-14)9-11-5-2-1-3-6-11/h1-3,5-6,12,14H,4,7,9-10H2. The Kier molecular flexibility index (Phi) is 4.74. The van der Waals surface area contributed by atoms with Gasteiger partial charge in [-0.3, -0.25) is 0 Å². The zero-order chi connectivity index (χ0) is 10.2. The Bertz CT molecular complexity index is 289. The highest BCUT2D eigenvalue weighted by Gasteiger charge is 2.07. The van der Waals surface area contributed by atoms with Crippen LogP contribution in [0.5, 0.6) is 0 Å². The van der Waals surface area contributed by atoms with Crippen LogP contribution in [-0.4, -0.2) is 11.7 Å². The quantitative estimate of drug-likeness (QED) is 0.771. The Morgan fingerprint density at radius 3 is 2.57 bits per heavy atom.